The lowest BCUT2D eigenvalue weighted by Gasteiger charge is -2.42. The Morgan fingerprint density at radius 2 is 0.825 bits per heavy atom. The number of carbonyl (C=O) groups excluding carboxylic acids is 2. The fraction of sp³-hybridized carbons (Fsp3) is 0.133. The molecule has 10 heteroatoms. The predicted molar refractivity (Wildman–Crippen MR) is 138 cm³/mol. The first-order valence-corrected chi connectivity index (χ1v) is 12.2. The summed E-state index contributed by atoms with van der Waals surface area (Å²) >= 11 is 0. The molecule has 0 bridgehead atoms. The maximum atomic E-state index is 14.2. The number of carbonyl (C=O) groups is 2. The van der Waals surface area contributed by atoms with Crippen LogP contribution in [0.2, 0.25) is 0 Å². The molecule has 0 radical (unpaired) electrons. The van der Waals surface area contributed by atoms with E-state index in [-0.39, 0.29) is 45.6 Å². The predicted octanol–water partition coefficient (Wildman–Crippen LogP) is 4.49. The van der Waals surface area contributed by atoms with E-state index in [1.165, 1.54) is 60.7 Å². The lowest BCUT2D eigenvalue weighted by molar-refractivity contribution is 0.0129. The highest BCUT2D eigenvalue weighted by Crippen LogP contribution is 2.53. The monoisotopic (exact) mass is 542 g/mol. The quantitative estimate of drug-likeness (QED) is 0.216. The first kappa shape index (κ1) is 24.9. The van der Waals surface area contributed by atoms with Crippen molar-refractivity contribution in [3.8, 4) is 46.0 Å². The second kappa shape index (κ2) is 9.12. The van der Waals surface area contributed by atoms with Gasteiger partial charge in [0.15, 0.2) is 11.6 Å². The van der Waals surface area contributed by atoms with E-state index < -0.39 is 47.1 Å². The second-order valence-electron chi connectivity index (χ2n) is 9.72. The van der Waals surface area contributed by atoms with Crippen LogP contribution < -0.4 is 9.47 Å². The molecule has 4 aromatic carbocycles. The Kier molecular flexibility index (Phi) is 5.69. The Bertz CT molecular complexity index is 1530. The summed E-state index contributed by atoms with van der Waals surface area (Å²) in [6.45, 7) is 0. The van der Waals surface area contributed by atoms with Crippen molar-refractivity contribution < 1.29 is 49.7 Å². The van der Waals surface area contributed by atoms with Gasteiger partial charge in [0.25, 0.3) is 0 Å². The van der Waals surface area contributed by atoms with Gasteiger partial charge in [0.1, 0.15) is 69.3 Å². The molecule has 10 nitrogen and oxygen atoms in total. The highest BCUT2D eigenvalue weighted by atomic mass is 16.5. The van der Waals surface area contributed by atoms with Crippen molar-refractivity contribution >= 4 is 11.6 Å². The third-order valence-corrected chi connectivity index (χ3v) is 7.22. The summed E-state index contributed by atoms with van der Waals surface area (Å²) < 4.78 is 12.3. The molecule has 0 aliphatic carbocycles. The molecular formula is C30H22O10. The highest BCUT2D eigenvalue weighted by Gasteiger charge is 2.53. The largest absolute Gasteiger partial charge is 0.508 e. The Morgan fingerprint density at radius 1 is 0.475 bits per heavy atom. The molecule has 4 atom stereocenters. The molecule has 0 aromatic heterocycles. The number of fused-ring (bicyclic) bond motifs is 2. The Hall–Kier alpha value is -5.38. The third kappa shape index (κ3) is 3.97. The fourth-order valence-corrected chi connectivity index (χ4v) is 5.46. The van der Waals surface area contributed by atoms with Crippen LogP contribution in [-0.4, -0.2) is 42.2 Å². The van der Waals surface area contributed by atoms with Crippen LogP contribution in [0, 0.1) is 11.8 Å². The van der Waals surface area contributed by atoms with E-state index in [1.54, 1.807) is 0 Å². The summed E-state index contributed by atoms with van der Waals surface area (Å²) in [4.78, 5) is 28.4. The number of ether oxygens (including phenoxy) is 2. The van der Waals surface area contributed by atoms with Crippen LogP contribution in [0.1, 0.15) is 44.1 Å². The molecule has 0 spiro atoms. The molecule has 4 aromatic rings. The number of hydrogen-bond acceptors (Lipinski definition) is 10. The van der Waals surface area contributed by atoms with E-state index >= 15 is 0 Å². The van der Waals surface area contributed by atoms with Gasteiger partial charge in [-0.25, -0.2) is 0 Å². The van der Waals surface area contributed by atoms with Crippen LogP contribution >= 0.6 is 0 Å². The molecule has 6 N–H and O–H groups in total. The molecule has 2 aliphatic heterocycles. The van der Waals surface area contributed by atoms with Crippen molar-refractivity contribution in [1.29, 1.82) is 0 Å². The lowest BCUT2D eigenvalue weighted by atomic mass is 9.69. The molecular weight excluding hydrogens is 520 g/mol. The van der Waals surface area contributed by atoms with Crippen molar-refractivity contribution in [2.24, 2.45) is 11.8 Å². The van der Waals surface area contributed by atoms with Gasteiger partial charge >= 0.3 is 0 Å². The molecule has 40 heavy (non-hydrogen) atoms. The standard InChI is InChI=1S/C30H22O10/c31-15-5-1-13(2-6-15)29-25(27(37)23-19(35)9-17(33)11-21(23)39-29)26-28(38)24-20(36)10-18(34)12-22(24)40-30(26)14-3-7-16(32)8-4-14/h1-12,25-26,29-36H/t25-,26-,29-,30-/m1/s1. The van der Waals surface area contributed by atoms with Gasteiger partial charge in [-0.2, -0.15) is 0 Å². The van der Waals surface area contributed by atoms with E-state index in [9.17, 15) is 40.2 Å². The van der Waals surface area contributed by atoms with Crippen LogP contribution in [0.15, 0.2) is 72.8 Å². The zero-order valence-electron chi connectivity index (χ0n) is 20.6. The van der Waals surface area contributed by atoms with Gasteiger partial charge in [0.2, 0.25) is 0 Å². The van der Waals surface area contributed by atoms with E-state index in [0.29, 0.717) is 11.1 Å². The smallest absolute Gasteiger partial charge is 0.178 e. The zero-order valence-corrected chi connectivity index (χ0v) is 20.6. The van der Waals surface area contributed by atoms with Crippen LogP contribution in [0.4, 0.5) is 0 Å². The topological polar surface area (TPSA) is 174 Å². The van der Waals surface area contributed by atoms with Gasteiger partial charge in [0, 0.05) is 24.3 Å². The summed E-state index contributed by atoms with van der Waals surface area (Å²) in [5.74, 6) is -6.10. The summed E-state index contributed by atoms with van der Waals surface area (Å²) in [6, 6.07) is 15.9. The van der Waals surface area contributed by atoms with Gasteiger partial charge in [-0.3, -0.25) is 9.59 Å². The third-order valence-electron chi connectivity index (χ3n) is 7.22. The first-order chi connectivity index (χ1) is 19.1. The first-order valence-electron chi connectivity index (χ1n) is 12.2. The van der Waals surface area contributed by atoms with Crippen LogP contribution in [0.5, 0.6) is 46.0 Å². The number of phenolic OH excluding ortho intramolecular Hbond substituents is 6. The minimum absolute atomic E-state index is 0.0455. The van der Waals surface area contributed by atoms with Gasteiger partial charge in [-0.1, -0.05) is 24.3 Å². The molecule has 2 aliphatic rings. The molecule has 6 rings (SSSR count). The van der Waals surface area contributed by atoms with Crippen molar-refractivity contribution in [2.75, 3.05) is 0 Å². The number of hydrogen-bond donors (Lipinski definition) is 6. The van der Waals surface area contributed by atoms with Gasteiger partial charge in [-0.15, -0.1) is 0 Å². The average Bonchev–Trinajstić information content (AvgIpc) is 2.89. The highest BCUT2D eigenvalue weighted by molar-refractivity contribution is 6.11. The maximum Gasteiger partial charge on any atom is 0.178 e. The Morgan fingerprint density at radius 3 is 1.18 bits per heavy atom. The number of benzene rings is 4. The van der Waals surface area contributed by atoms with Gasteiger partial charge in [-0.05, 0) is 35.4 Å². The van der Waals surface area contributed by atoms with Crippen molar-refractivity contribution in [2.45, 2.75) is 12.2 Å². The number of phenols is 6. The molecule has 0 saturated carbocycles. The maximum absolute atomic E-state index is 14.2. The Balaban J connectivity index is 1.59. The summed E-state index contributed by atoms with van der Waals surface area (Å²) in [5.41, 5.74) is 0.330. The molecule has 0 unspecified atom stereocenters. The lowest BCUT2D eigenvalue weighted by Crippen LogP contribution is -2.45. The van der Waals surface area contributed by atoms with Crippen molar-refractivity contribution in [1.82, 2.24) is 0 Å². The molecule has 0 fully saturated rings. The number of Topliss-reactive ketones (excluding diaryl/α,β-unsaturated/α-hetero) is 2. The molecule has 0 amide bonds. The normalized spacial score (nSPS) is 21.6. The van der Waals surface area contributed by atoms with Crippen LogP contribution in [-0.2, 0) is 0 Å². The second-order valence-corrected chi connectivity index (χ2v) is 9.72. The van der Waals surface area contributed by atoms with E-state index in [1.807, 2.05) is 0 Å². The number of ketones is 2. The molecule has 2 heterocycles. The van der Waals surface area contributed by atoms with E-state index in [0.717, 1.165) is 12.1 Å². The minimum Gasteiger partial charge on any atom is -0.508 e. The average molecular weight is 542 g/mol. The van der Waals surface area contributed by atoms with E-state index in [4.69, 9.17) is 9.47 Å². The van der Waals surface area contributed by atoms with Gasteiger partial charge < -0.3 is 40.1 Å². The van der Waals surface area contributed by atoms with Crippen molar-refractivity contribution in [3.05, 3.63) is 95.1 Å². The summed E-state index contributed by atoms with van der Waals surface area (Å²) in [6.07, 6.45) is -2.31. The Labute approximate surface area is 226 Å². The van der Waals surface area contributed by atoms with Gasteiger partial charge in [0.05, 0.1) is 11.8 Å². The SMILES string of the molecule is O=C1c2c(O)cc(O)cc2O[C@H](c2ccc(O)cc2)[C@@H]1[C@@H]1C(=O)c2c(O)cc(O)cc2O[C@@H]1c1ccc(O)cc1. The molecule has 0 saturated heterocycles. The number of rotatable bonds is 3. The summed E-state index contributed by atoms with van der Waals surface area (Å²) in [7, 11) is 0. The summed E-state index contributed by atoms with van der Waals surface area (Å²) in [5, 5.41) is 61.1. The van der Waals surface area contributed by atoms with Crippen LogP contribution in [0.3, 0.4) is 0 Å². The minimum atomic E-state index is -1.33. The fourth-order valence-electron chi connectivity index (χ4n) is 5.46. The van der Waals surface area contributed by atoms with Crippen LogP contribution in [0.25, 0.3) is 0 Å². The zero-order chi connectivity index (χ0) is 28.3. The molecule has 202 valence electrons. The number of aromatic hydroxyl groups is 6. The van der Waals surface area contributed by atoms with E-state index in [2.05, 4.69) is 0 Å². The van der Waals surface area contributed by atoms with Crippen molar-refractivity contribution in [3.63, 3.8) is 0 Å².